The number of nitrogens with two attached hydrogens (primary N) is 1. The fraction of sp³-hybridized carbons (Fsp3) is 0.400. The summed E-state index contributed by atoms with van der Waals surface area (Å²) in [6.45, 7) is 0. The lowest BCUT2D eigenvalue weighted by Crippen LogP contribution is -2.15. The molecule has 1 aromatic carbocycles. The van der Waals surface area contributed by atoms with Crippen molar-refractivity contribution in [1.29, 1.82) is 0 Å². The quantitative estimate of drug-likeness (QED) is 0.870. The molecule has 1 unspecified atom stereocenters. The Bertz CT molecular complexity index is 366. The highest BCUT2D eigenvalue weighted by Gasteiger charge is 2.27. The summed E-state index contributed by atoms with van der Waals surface area (Å²) in [6.07, 6.45) is -5.26. The number of rotatable bonds is 3. The molecule has 0 radical (unpaired) electrons. The van der Waals surface area contributed by atoms with Crippen molar-refractivity contribution < 1.29 is 13.2 Å². The fourth-order valence-corrected chi connectivity index (χ4v) is 1.54. The zero-order chi connectivity index (χ0) is 12.3. The van der Waals surface area contributed by atoms with E-state index in [1.807, 2.05) is 0 Å². The van der Waals surface area contributed by atoms with Crippen LogP contribution in [-0.2, 0) is 0 Å². The lowest BCUT2D eigenvalue weighted by atomic mass is 10.0. The van der Waals surface area contributed by atoms with Crippen LogP contribution in [0.25, 0.3) is 0 Å². The number of halogens is 5. The summed E-state index contributed by atoms with van der Waals surface area (Å²) in [6, 6.07) is 3.91. The first-order valence-electron chi connectivity index (χ1n) is 4.57. The monoisotopic (exact) mass is 271 g/mol. The molecule has 6 heteroatoms. The SMILES string of the molecule is NC(CCC(F)(F)F)c1ccc(Cl)c(Cl)c1. The van der Waals surface area contributed by atoms with E-state index in [1.165, 1.54) is 12.1 Å². The van der Waals surface area contributed by atoms with E-state index < -0.39 is 18.6 Å². The van der Waals surface area contributed by atoms with Gasteiger partial charge in [0, 0.05) is 12.5 Å². The van der Waals surface area contributed by atoms with Gasteiger partial charge in [-0.3, -0.25) is 0 Å². The van der Waals surface area contributed by atoms with Crippen molar-refractivity contribution in [3.8, 4) is 0 Å². The topological polar surface area (TPSA) is 26.0 Å². The maximum atomic E-state index is 12.0. The maximum absolute atomic E-state index is 12.0. The van der Waals surface area contributed by atoms with Crippen molar-refractivity contribution in [1.82, 2.24) is 0 Å². The smallest absolute Gasteiger partial charge is 0.324 e. The first-order valence-corrected chi connectivity index (χ1v) is 5.32. The van der Waals surface area contributed by atoms with E-state index in [1.54, 1.807) is 6.07 Å². The van der Waals surface area contributed by atoms with E-state index in [2.05, 4.69) is 0 Å². The molecular formula is C10H10Cl2F3N. The molecule has 1 rings (SSSR count). The predicted molar refractivity (Wildman–Crippen MR) is 58.7 cm³/mol. The molecule has 0 bridgehead atoms. The van der Waals surface area contributed by atoms with Gasteiger partial charge in [0.15, 0.2) is 0 Å². The van der Waals surface area contributed by atoms with Gasteiger partial charge in [-0.05, 0) is 24.1 Å². The van der Waals surface area contributed by atoms with Gasteiger partial charge in [-0.1, -0.05) is 29.3 Å². The third kappa shape index (κ3) is 4.20. The van der Waals surface area contributed by atoms with Gasteiger partial charge in [-0.2, -0.15) is 13.2 Å². The third-order valence-electron chi connectivity index (χ3n) is 2.11. The van der Waals surface area contributed by atoms with E-state index >= 15 is 0 Å². The van der Waals surface area contributed by atoms with Crippen molar-refractivity contribution in [3.63, 3.8) is 0 Å². The van der Waals surface area contributed by atoms with E-state index in [0.717, 1.165) is 0 Å². The van der Waals surface area contributed by atoms with Crippen molar-refractivity contribution in [3.05, 3.63) is 33.8 Å². The molecule has 0 fully saturated rings. The van der Waals surface area contributed by atoms with Crippen molar-refractivity contribution in [2.24, 2.45) is 5.73 Å². The standard InChI is InChI=1S/C10H10Cl2F3N/c11-7-2-1-6(5-8(7)12)9(16)3-4-10(13,14)15/h1-2,5,9H,3-4,16H2. The van der Waals surface area contributed by atoms with E-state index in [9.17, 15) is 13.2 Å². The molecule has 16 heavy (non-hydrogen) atoms. The van der Waals surface area contributed by atoms with Crippen LogP contribution in [0.3, 0.4) is 0 Å². The Hall–Kier alpha value is -0.450. The van der Waals surface area contributed by atoms with Gasteiger partial charge < -0.3 is 5.73 Å². The van der Waals surface area contributed by atoms with Gasteiger partial charge in [0.25, 0.3) is 0 Å². The highest BCUT2D eigenvalue weighted by atomic mass is 35.5. The molecule has 2 N–H and O–H groups in total. The summed E-state index contributed by atoms with van der Waals surface area (Å²) in [5, 5.41) is 0.648. The number of hydrogen-bond donors (Lipinski definition) is 1. The zero-order valence-corrected chi connectivity index (χ0v) is 9.70. The van der Waals surface area contributed by atoms with Crippen LogP contribution in [0.1, 0.15) is 24.4 Å². The highest BCUT2D eigenvalue weighted by molar-refractivity contribution is 6.42. The third-order valence-corrected chi connectivity index (χ3v) is 2.85. The summed E-state index contributed by atoms with van der Waals surface area (Å²) < 4.78 is 35.9. The molecule has 1 aromatic rings. The molecule has 0 aromatic heterocycles. The molecule has 0 saturated carbocycles. The average molecular weight is 272 g/mol. The lowest BCUT2D eigenvalue weighted by Gasteiger charge is -2.14. The molecule has 0 aliphatic rings. The van der Waals surface area contributed by atoms with Crippen LogP contribution in [0.5, 0.6) is 0 Å². The van der Waals surface area contributed by atoms with Crippen LogP contribution in [0, 0.1) is 0 Å². The number of benzene rings is 1. The van der Waals surface area contributed by atoms with Gasteiger partial charge in [0.05, 0.1) is 10.0 Å². The second-order valence-electron chi connectivity index (χ2n) is 3.43. The van der Waals surface area contributed by atoms with Gasteiger partial charge in [-0.25, -0.2) is 0 Å². The predicted octanol–water partition coefficient (Wildman–Crippen LogP) is 4.34. The number of alkyl halides is 3. The van der Waals surface area contributed by atoms with Crippen LogP contribution in [0.15, 0.2) is 18.2 Å². The molecule has 0 spiro atoms. The molecule has 90 valence electrons. The van der Waals surface area contributed by atoms with E-state index in [4.69, 9.17) is 28.9 Å². The minimum atomic E-state index is -4.19. The van der Waals surface area contributed by atoms with Gasteiger partial charge in [0.1, 0.15) is 0 Å². The Balaban J connectivity index is 2.66. The zero-order valence-electron chi connectivity index (χ0n) is 8.19. The molecule has 1 nitrogen and oxygen atoms in total. The summed E-state index contributed by atoms with van der Waals surface area (Å²) in [4.78, 5) is 0. The molecule has 0 saturated heterocycles. The summed E-state index contributed by atoms with van der Waals surface area (Å²) in [7, 11) is 0. The van der Waals surface area contributed by atoms with Crippen LogP contribution in [-0.4, -0.2) is 6.18 Å². The van der Waals surface area contributed by atoms with Crippen LogP contribution in [0.4, 0.5) is 13.2 Å². The minimum absolute atomic E-state index is 0.165. The molecule has 0 aliphatic carbocycles. The molecule has 1 atom stereocenters. The Morgan fingerprint density at radius 1 is 1.19 bits per heavy atom. The minimum Gasteiger partial charge on any atom is -0.324 e. The van der Waals surface area contributed by atoms with Gasteiger partial charge >= 0.3 is 6.18 Å². The summed E-state index contributed by atoms with van der Waals surface area (Å²) >= 11 is 11.4. The maximum Gasteiger partial charge on any atom is 0.389 e. The van der Waals surface area contributed by atoms with E-state index in [-0.39, 0.29) is 6.42 Å². The molecular weight excluding hydrogens is 262 g/mol. The Morgan fingerprint density at radius 3 is 2.31 bits per heavy atom. The average Bonchev–Trinajstić information content (AvgIpc) is 2.17. The number of hydrogen-bond acceptors (Lipinski definition) is 1. The second-order valence-corrected chi connectivity index (χ2v) is 4.25. The first-order chi connectivity index (χ1) is 7.29. The van der Waals surface area contributed by atoms with Crippen molar-refractivity contribution >= 4 is 23.2 Å². The van der Waals surface area contributed by atoms with E-state index in [0.29, 0.717) is 15.6 Å². The highest BCUT2D eigenvalue weighted by Crippen LogP contribution is 2.29. The van der Waals surface area contributed by atoms with Crippen LogP contribution >= 0.6 is 23.2 Å². The lowest BCUT2D eigenvalue weighted by molar-refractivity contribution is -0.136. The largest absolute Gasteiger partial charge is 0.389 e. The second kappa shape index (κ2) is 5.25. The van der Waals surface area contributed by atoms with Crippen LogP contribution in [0.2, 0.25) is 10.0 Å². The molecule has 0 amide bonds. The Kier molecular flexibility index (Phi) is 4.47. The van der Waals surface area contributed by atoms with Gasteiger partial charge in [-0.15, -0.1) is 0 Å². The fourth-order valence-electron chi connectivity index (χ4n) is 1.23. The Labute approximate surface area is 101 Å². The summed E-state index contributed by atoms with van der Waals surface area (Å²) in [5.41, 5.74) is 6.17. The molecule has 0 aliphatic heterocycles. The molecule has 0 heterocycles. The summed E-state index contributed by atoms with van der Waals surface area (Å²) in [5.74, 6) is 0. The van der Waals surface area contributed by atoms with Crippen LogP contribution < -0.4 is 5.73 Å². The van der Waals surface area contributed by atoms with Gasteiger partial charge in [0.2, 0.25) is 0 Å². The first kappa shape index (κ1) is 13.6. The van der Waals surface area contributed by atoms with Crippen molar-refractivity contribution in [2.45, 2.75) is 25.1 Å². The van der Waals surface area contributed by atoms with Crippen molar-refractivity contribution in [2.75, 3.05) is 0 Å². The Morgan fingerprint density at radius 2 is 1.81 bits per heavy atom. The normalized spacial score (nSPS) is 13.9.